The highest BCUT2D eigenvalue weighted by Crippen LogP contribution is 2.22. The minimum absolute atomic E-state index is 0. The van der Waals surface area contributed by atoms with E-state index in [2.05, 4.69) is 36.6 Å². The maximum atomic E-state index is 12.2. The van der Waals surface area contributed by atoms with Gasteiger partial charge in [0.1, 0.15) is 0 Å². The van der Waals surface area contributed by atoms with Gasteiger partial charge in [-0.25, -0.2) is 0 Å². The van der Waals surface area contributed by atoms with Crippen molar-refractivity contribution in [3.05, 3.63) is 17.5 Å². The molecule has 1 aromatic heterocycles. The summed E-state index contributed by atoms with van der Waals surface area (Å²) in [5, 5.41) is 10.4. The third kappa shape index (κ3) is 4.45. The number of rotatable bonds is 5. The molecule has 1 aliphatic heterocycles. The van der Waals surface area contributed by atoms with Gasteiger partial charge >= 0.3 is 0 Å². The number of carbonyl (C=O) groups excluding carboxylic acids is 1. The van der Waals surface area contributed by atoms with Crippen LogP contribution in [-0.4, -0.2) is 30.2 Å². The van der Waals surface area contributed by atoms with Gasteiger partial charge in [-0.3, -0.25) is 4.79 Å². The van der Waals surface area contributed by atoms with Gasteiger partial charge in [0.2, 0.25) is 5.76 Å². The van der Waals surface area contributed by atoms with Gasteiger partial charge in [0.15, 0.2) is 0 Å². The van der Waals surface area contributed by atoms with Crippen molar-refractivity contribution in [3.63, 3.8) is 0 Å². The maximum Gasteiger partial charge on any atom is 0.290 e. The molecular weight excluding hydrogens is 290 g/mol. The lowest BCUT2D eigenvalue weighted by atomic mass is 9.94. The largest absolute Gasteiger partial charge is 0.351 e. The van der Waals surface area contributed by atoms with E-state index in [0.717, 1.165) is 38.0 Å². The predicted octanol–water partition coefficient (Wildman–Crippen LogP) is 2.73. The summed E-state index contributed by atoms with van der Waals surface area (Å²) in [6, 6.07) is 1.95. The first-order chi connectivity index (χ1) is 9.65. The second kappa shape index (κ2) is 8.39. The molecule has 0 aromatic carbocycles. The lowest BCUT2D eigenvalue weighted by Crippen LogP contribution is -2.50. The Bertz CT molecular complexity index is 446. The van der Waals surface area contributed by atoms with E-state index in [4.69, 9.17) is 4.52 Å². The molecule has 120 valence electrons. The van der Waals surface area contributed by atoms with Crippen LogP contribution in [0, 0.1) is 5.92 Å². The van der Waals surface area contributed by atoms with Gasteiger partial charge in [-0.15, -0.1) is 12.4 Å². The Morgan fingerprint density at radius 2 is 2.24 bits per heavy atom. The van der Waals surface area contributed by atoms with Crippen LogP contribution >= 0.6 is 12.4 Å². The van der Waals surface area contributed by atoms with Crippen LogP contribution < -0.4 is 10.6 Å². The highest BCUT2D eigenvalue weighted by Gasteiger charge is 2.25. The van der Waals surface area contributed by atoms with E-state index in [1.165, 1.54) is 0 Å². The van der Waals surface area contributed by atoms with Crippen molar-refractivity contribution in [2.75, 3.05) is 13.1 Å². The highest BCUT2D eigenvalue weighted by atomic mass is 35.5. The number of hydrogen-bond acceptors (Lipinski definition) is 4. The molecule has 0 radical (unpaired) electrons. The summed E-state index contributed by atoms with van der Waals surface area (Å²) in [4.78, 5) is 12.2. The summed E-state index contributed by atoms with van der Waals surface area (Å²) in [7, 11) is 0. The first-order valence-electron chi connectivity index (χ1n) is 7.63. The van der Waals surface area contributed by atoms with Gasteiger partial charge in [0, 0.05) is 24.6 Å². The van der Waals surface area contributed by atoms with Crippen molar-refractivity contribution in [3.8, 4) is 0 Å². The fourth-order valence-electron chi connectivity index (χ4n) is 2.72. The van der Waals surface area contributed by atoms with Crippen LogP contribution in [-0.2, 0) is 0 Å². The Kier molecular flexibility index (Phi) is 7.18. The SMILES string of the molecule is CCC(CC)c1cc(C(=O)NC2CNCCC2C)on1.Cl. The average Bonchev–Trinajstić information content (AvgIpc) is 2.92. The van der Waals surface area contributed by atoms with E-state index in [1.807, 2.05) is 0 Å². The van der Waals surface area contributed by atoms with Crippen LogP contribution in [0.15, 0.2) is 10.6 Å². The molecule has 21 heavy (non-hydrogen) atoms. The van der Waals surface area contributed by atoms with E-state index in [-0.39, 0.29) is 24.4 Å². The number of halogens is 1. The fraction of sp³-hybridized carbons (Fsp3) is 0.733. The lowest BCUT2D eigenvalue weighted by molar-refractivity contribution is 0.0877. The van der Waals surface area contributed by atoms with Gasteiger partial charge in [0.25, 0.3) is 5.91 Å². The van der Waals surface area contributed by atoms with E-state index in [0.29, 0.717) is 17.6 Å². The van der Waals surface area contributed by atoms with Gasteiger partial charge < -0.3 is 15.2 Å². The van der Waals surface area contributed by atoms with Crippen LogP contribution in [0.4, 0.5) is 0 Å². The van der Waals surface area contributed by atoms with E-state index >= 15 is 0 Å². The molecule has 2 rings (SSSR count). The zero-order valence-corrected chi connectivity index (χ0v) is 13.8. The van der Waals surface area contributed by atoms with Gasteiger partial charge in [-0.2, -0.15) is 0 Å². The topological polar surface area (TPSA) is 67.2 Å². The molecule has 2 N–H and O–H groups in total. The summed E-state index contributed by atoms with van der Waals surface area (Å²) in [5.41, 5.74) is 0.884. The zero-order valence-electron chi connectivity index (χ0n) is 13.0. The summed E-state index contributed by atoms with van der Waals surface area (Å²) in [6.07, 6.45) is 3.10. The first kappa shape index (κ1) is 18.0. The van der Waals surface area contributed by atoms with Crippen LogP contribution in [0.1, 0.15) is 62.2 Å². The minimum atomic E-state index is -0.157. The van der Waals surface area contributed by atoms with Crippen molar-refractivity contribution in [1.29, 1.82) is 0 Å². The van der Waals surface area contributed by atoms with Crippen molar-refractivity contribution < 1.29 is 9.32 Å². The molecular formula is C15H26ClN3O2. The standard InChI is InChI=1S/C15H25N3O2.ClH/c1-4-11(5-2)12-8-14(20-18-12)15(19)17-13-9-16-7-6-10(13)3;/h8,10-11,13,16H,4-7,9H2,1-3H3,(H,17,19);1H. The number of nitrogens with one attached hydrogen (secondary N) is 2. The Hall–Kier alpha value is -1.07. The number of amides is 1. The molecule has 2 unspecified atom stereocenters. The van der Waals surface area contributed by atoms with E-state index < -0.39 is 0 Å². The molecule has 0 bridgehead atoms. The van der Waals surface area contributed by atoms with Crippen molar-refractivity contribution in [2.45, 2.75) is 52.0 Å². The van der Waals surface area contributed by atoms with Crippen LogP contribution in [0.5, 0.6) is 0 Å². The monoisotopic (exact) mass is 315 g/mol. The molecule has 1 aliphatic rings. The number of piperidine rings is 1. The Labute approximate surface area is 132 Å². The molecule has 5 nitrogen and oxygen atoms in total. The van der Waals surface area contributed by atoms with Crippen molar-refractivity contribution >= 4 is 18.3 Å². The normalized spacial score (nSPS) is 21.9. The van der Waals surface area contributed by atoms with Gasteiger partial charge in [-0.1, -0.05) is 25.9 Å². The molecule has 6 heteroatoms. The summed E-state index contributed by atoms with van der Waals surface area (Å²) < 4.78 is 5.21. The van der Waals surface area contributed by atoms with Crippen LogP contribution in [0.25, 0.3) is 0 Å². The number of aromatic nitrogens is 1. The molecule has 1 fully saturated rings. The van der Waals surface area contributed by atoms with E-state index in [9.17, 15) is 4.79 Å². The number of hydrogen-bond donors (Lipinski definition) is 2. The fourth-order valence-corrected chi connectivity index (χ4v) is 2.72. The lowest BCUT2D eigenvalue weighted by Gasteiger charge is -2.29. The second-order valence-electron chi connectivity index (χ2n) is 5.68. The first-order valence-corrected chi connectivity index (χ1v) is 7.63. The molecule has 0 saturated carbocycles. The third-order valence-electron chi connectivity index (χ3n) is 4.30. The molecule has 0 spiro atoms. The Morgan fingerprint density at radius 3 is 2.86 bits per heavy atom. The average molecular weight is 316 g/mol. The molecule has 2 heterocycles. The highest BCUT2D eigenvalue weighted by molar-refractivity contribution is 5.91. The Morgan fingerprint density at radius 1 is 1.52 bits per heavy atom. The van der Waals surface area contributed by atoms with Crippen LogP contribution in [0.3, 0.4) is 0 Å². The predicted molar refractivity (Wildman–Crippen MR) is 85.0 cm³/mol. The molecule has 1 aromatic rings. The molecule has 1 amide bonds. The number of nitrogens with zero attached hydrogens (tertiary/aromatic N) is 1. The minimum Gasteiger partial charge on any atom is -0.351 e. The third-order valence-corrected chi connectivity index (χ3v) is 4.30. The molecule has 0 aliphatic carbocycles. The van der Waals surface area contributed by atoms with Crippen molar-refractivity contribution in [2.24, 2.45) is 5.92 Å². The summed E-state index contributed by atoms with van der Waals surface area (Å²) >= 11 is 0. The Balaban J connectivity index is 0.00000220. The molecule has 2 atom stereocenters. The second-order valence-corrected chi connectivity index (χ2v) is 5.68. The van der Waals surface area contributed by atoms with Gasteiger partial charge in [0.05, 0.1) is 5.69 Å². The quantitative estimate of drug-likeness (QED) is 0.876. The summed E-state index contributed by atoms with van der Waals surface area (Å²) in [5.74, 6) is 1.03. The molecule has 1 saturated heterocycles. The van der Waals surface area contributed by atoms with Crippen molar-refractivity contribution in [1.82, 2.24) is 15.8 Å². The zero-order chi connectivity index (χ0) is 14.5. The smallest absolute Gasteiger partial charge is 0.290 e. The van der Waals surface area contributed by atoms with Crippen LogP contribution in [0.2, 0.25) is 0 Å². The van der Waals surface area contributed by atoms with E-state index in [1.54, 1.807) is 6.07 Å². The summed E-state index contributed by atoms with van der Waals surface area (Å²) in [6.45, 7) is 8.26. The maximum absolute atomic E-state index is 12.2. The number of carbonyl (C=O) groups is 1. The van der Waals surface area contributed by atoms with Gasteiger partial charge in [-0.05, 0) is 31.7 Å².